The van der Waals surface area contributed by atoms with Gasteiger partial charge in [-0.2, -0.15) is 4.52 Å². The van der Waals surface area contributed by atoms with Crippen molar-refractivity contribution in [1.82, 2.24) is 29.6 Å². The van der Waals surface area contributed by atoms with Crippen molar-refractivity contribution in [3.8, 4) is 0 Å². The lowest BCUT2D eigenvalue weighted by atomic mass is 10.1. The number of amides is 2. The monoisotopic (exact) mass is 331 g/mol. The molecule has 0 aromatic carbocycles. The van der Waals surface area contributed by atoms with Crippen LogP contribution >= 0.6 is 0 Å². The summed E-state index contributed by atoms with van der Waals surface area (Å²) in [4.78, 5) is 18.4. The van der Waals surface area contributed by atoms with Crippen molar-refractivity contribution in [2.24, 2.45) is 0 Å². The summed E-state index contributed by atoms with van der Waals surface area (Å²) >= 11 is 0. The van der Waals surface area contributed by atoms with Crippen molar-refractivity contribution < 1.29 is 9.53 Å². The average molecular weight is 331 g/mol. The molecule has 9 nitrogen and oxygen atoms in total. The molecular weight excluding hydrogens is 310 g/mol. The fourth-order valence-electron chi connectivity index (χ4n) is 3.08. The van der Waals surface area contributed by atoms with Crippen LogP contribution in [-0.2, 0) is 4.74 Å². The maximum Gasteiger partial charge on any atom is 0.320 e. The van der Waals surface area contributed by atoms with Crippen molar-refractivity contribution in [3.63, 3.8) is 0 Å². The van der Waals surface area contributed by atoms with Gasteiger partial charge in [0.1, 0.15) is 5.82 Å². The second kappa shape index (κ2) is 5.90. The van der Waals surface area contributed by atoms with Gasteiger partial charge in [0.15, 0.2) is 11.5 Å². The summed E-state index contributed by atoms with van der Waals surface area (Å²) in [6.07, 6.45) is 0. The Kier molecular flexibility index (Phi) is 3.72. The van der Waals surface area contributed by atoms with Crippen LogP contribution in [0.3, 0.4) is 0 Å². The van der Waals surface area contributed by atoms with Gasteiger partial charge >= 0.3 is 6.03 Å². The van der Waals surface area contributed by atoms with E-state index >= 15 is 0 Å². The summed E-state index contributed by atoms with van der Waals surface area (Å²) in [7, 11) is 1.88. The molecule has 24 heavy (non-hydrogen) atoms. The first kappa shape index (κ1) is 15.1. The Morgan fingerprint density at radius 1 is 1.25 bits per heavy atom. The zero-order chi connectivity index (χ0) is 16.7. The molecule has 0 bridgehead atoms. The number of ether oxygens (including phenoxy) is 1. The average Bonchev–Trinajstić information content (AvgIpc) is 2.94. The van der Waals surface area contributed by atoms with E-state index in [9.17, 15) is 4.79 Å². The molecular formula is C15H21N7O2. The Morgan fingerprint density at radius 3 is 2.75 bits per heavy atom. The molecule has 0 N–H and O–H groups in total. The topological polar surface area (TPSA) is 79.1 Å². The number of carbonyl (C=O) groups excluding carboxylic acids is 1. The third-order valence-corrected chi connectivity index (χ3v) is 4.72. The minimum absolute atomic E-state index is 0.0843. The molecule has 0 saturated carbocycles. The summed E-state index contributed by atoms with van der Waals surface area (Å²) in [5.74, 6) is 1.65. The van der Waals surface area contributed by atoms with Crippen LogP contribution < -0.4 is 4.90 Å². The number of likely N-dealkylation sites (N-methyl/N-ethyl adjacent to an activating group) is 1. The van der Waals surface area contributed by atoms with Gasteiger partial charge in [0, 0.05) is 33.2 Å². The molecule has 128 valence electrons. The van der Waals surface area contributed by atoms with Gasteiger partial charge in [-0.05, 0) is 19.1 Å². The Bertz CT molecular complexity index is 749. The van der Waals surface area contributed by atoms with Crippen molar-refractivity contribution in [2.75, 3.05) is 51.3 Å². The number of aryl methyl sites for hydroxylation is 1. The van der Waals surface area contributed by atoms with Crippen molar-refractivity contribution in [2.45, 2.75) is 13.0 Å². The van der Waals surface area contributed by atoms with Crippen LogP contribution in [0.5, 0.6) is 0 Å². The van der Waals surface area contributed by atoms with E-state index in [0.717, 1.165) is 30.4 Å². The lowest BCUT2D eigenvalue weighted by Gasteiger charge is -2.45. The minimum Gasteiger partial charge on any atom is -0.378 e. The maximum atomic E-state index is 12.5. The highest BCUT2D eigenvalue weighted by molar-refractivity contribution is 5.75. The second-order valence-electron chi connectivity index (χ2n) is 6.26. The quantitative estimate of drug-likeness (QED) is 0.771. The predicted octanol–water partition coefficient (Wildman–Crippen LogP) is 0.00532. The second-order valence-corrected chi connectivity index (χ2v) is 6.26. The zero-order valence-electron chi connectivity index (χ0n) is 13.9. The molecule has 4 rings (SSSR count). The molecule has 2 fully saturated rings. The molecule has 2 aromatic heterocycles. The molecule has 0 spiro atoms. The number of urea groups is 1. The van der Waals surface area contributed by atoms with Crippen LogP contribution in [0.25, 0.3) is 5.65 Å². The molecule has 2 amide bonds. The van der Waals surface area contributed by atoms with E-state index in [1.54, 1.807) is 4.52 Å². The number of hydrogen-bond donors (Lipinski definition) is 0. The molecule has 2 aromatic rings. The molecule has 0 radical (unpaired) electrons. The number of hydrogen-bond acceptors (Lipinski definition) is 6. The number of nitrogens with zero attached hydrogens (tertiary/aromatic N) is 7. The Labute approximate surface area is 139 Å². The number of aromatic nitrogens is 4. The number of morpholine rings is 1. The van der Waals surface area contributed by atoms with Gasteiger partial charge in [0.05, 0.1) is 19.3 Å². The zero-order valence-corrected chi connectivity index (χ0v) is 13.9. The molecule has 2 saturated heterocycles. The van der Waals surface area contributed by atoms with E-state index in [0.29, 0.717) is 26.3 Å². The van der Waals surface area contributed by atoms with E-state index < -0.39 is 0 Å². The largest absolute Gasteiger partial charge is 0.378 e. The molecule has 2 aliphatic heterocycles. The van der Waals surface area contributed by atoms with Gasteiger partial charge in [-0.25, -0.2) is 4.79 Å². The van der Waals surface area contributed by atoms with Crippen LogP contribution in [0.4, 0.5) is 10.6 Å². The first-order valence-corrected chi connectivity index (χ1v) is 8.17. The first-order chi connectivity index (χ1) is 11.6. The van der Waals surface area contributed by atoms with Crippen molar-refractivity contribution in [1.29, 1.82) is 0 Å². The Morgan fingerprint density at radius 2 is 2.00 bits per heavy atom. The van der Waals surface area contributed by atoms with Gasteiger partial charge in [-0.1, -0.05) is 0 Å². The lowest BCUT2D eigenvalue weighted by molar-refractivity contribution is 0.0407. The summed E-state index contributed by atoms with van der Waals surface area (Å²) in [5, 5.41) is 12.6. The molecule has 0 unspecified atom stereocenters. The fourth-order valence-corrected chi connectivity index (χ4v) is 3.08. The number of anilines is 1. The van der Waals surface area contributed by atoms with Crippen LogP contribution in [-0.4, -0.2) is 88.1 Å². The van der Waals surface area contributed by atoms with Crippen LogP contribution in [0.15, 0.2) is 12.1 Å². The van der Waals surface area contributed by atoms with Crippen molar-refractivity contribution >= 4 is 17.5 Å². The van der Waals surface area contributed by atoms with E-state index in [1.807, 2.05) is 35.9 Å². The summed E-state index contributed by atoms with van der Waals surface area (Å²) in [6, 6.07) is 4.16. The molecule has 2 aliphatic rings. The fraction of sp³-hybridized carbons (Fsp3) is 0.600. The number of carbonyl (C=O) groups is 1. The lowest BCUT2D eigenvalue weighted by Crippen LogP contribution is -2.62. The summed E-state index contributed by atoms with van der Waals surface area (Å²) in [6.45, 7) is 6.04. The molecule has 0 atom stereocenters. The highest BCUT2D eigenvalue weighted by Crippen LogP contribution is 2.22. The highest BCUT2D eigenvalue weighted by Gasteiger charge is 2.35. The standard InChI is InChI=1S/C15H21N7O2/c1-11-16-17-13-3-4-14(18-22(11)13)21-9-12(10-21)19(2)15(23)20-5-7-24-8-6-20/h3-4,12H,5-10H2,1-2H3. The normalized spacial score (nSPS) is 18.8. The van der Waals surface area contributed by atoms with E-state index in [4.69, 9.17) is 4.74 Å². The van der Waals surface area contributed by atoms with E-state index in [-0.39, 0.29) is 12.1 Å². The smallest absolute Gasteiger partial charge is 0.320 e. The first-order valence-electron chi connectivity index (χ1n) is 8.17. The molecule has 9 heteroatoms. The van der Waals surface area contributed by atoms with Gasteiger partial charge in [0.25, 0.3) is 0 Å². The van der Waals surface area contributed by atoms with Crippen molar-refractivity contribution in [3.05, 3.63) is 18.0 Å². The predicted molar refractivity (Wildman–Crippen MR) is 87.1 cm³/mol. The summed E-state index contributed by atoms with van der Waals surface area (Å²) in [5.41, 5.74) is 0.743. The summed E-state index contributed by atoms with van der Waals surface area (Å²) < 4.78 is 7.04. The number of fused-ring (bicyclic) bond motifs is 1. The maximum absolute atomic E-state index is 12.5. The van der Waals surface area contributed by atoms with Crippen LogP contribution in [0, 0.1) is 6.92 Å². The van der Waals surface area contributed by atoms with Gasteiger partial charge in [0.2, 0.25) is 0 Å². The van der Waals surface area contributed by atoms with Crippen LogP contribution in [0.1, 0.15) is 5.82 Å². The SMILES string of the molecule is Cc1nnc2ccc(N3CC(N(C)C(=O)N4CCOCC4)C3)nn12. The van der Waals surface area contributed by atoms with Gasteiger partial charge in [-0.3, -0.25) is 0 Å². The third kappa shape index (κ3) is 2.54. The van der Waals surface area contributed by atoms with Gasteiger partial charge in [-0.15, -0.1) is 15.3 Å². The third-order valence-electron chi connectivity index (χ3n) is 4.72. The molecule has 4 heterocycles. The van der Waals surface area contributed by atoms with E-state index in [1.165, 1.54) is 0 Å². The highest BCUT2D eigenvalue weighted by atomic mass is 16.5. The van der Waals surface area contributed by atoms with E-state index in [2.05, 4.69) is 20.2 Å². The molecule has 0 aliphatic carbocycles. The van der Waals surface area contributed by atoms with Crippen LogP contribution in [0.2, 0.25) is 0 Å². The Balaban J connectivity index is 1.39. The van der Waals surface area contributed by atoms with Gasteiger partial charge < -0.3 is 19.4 Å². The minimum atomic E-state index is 0.0843. The number of rotatable bonds is 2. The Hall–Kier alpha value is -2.42.